The number of methoxy groups -OCH3 is 2. The molecule has 3 aromatic rings. The molecule has 1 heterocycles. The molecular formula is C31H38O7. The van der Waals surface area contributed by atoms with Crippen LogP contribution in [0.5, 0.6) is 11.5 Å². The van der Waals surface area contributed by atoms with Gasteiger partial charge in [0, 0.05) is 0 Å². The number of ether oxygens (including phenoxy) is 7. The highest BCUT2D eigenvalue weighted by Gasteiger charge is 2.38. The molecule has 7 heteroatoms. The number of rotatable bonds is 14. The molecule has 0 aliphatic carbocycles. The lowest BCUT2D eigenvalue weighted by Crippen LogP contribution is -2.36. The highest BCUT2D eigenvalue weighted by atomic mass is 16.8. The Morgan fingerprint density at radius 2 is 1.13 bits per heavy atom. The summed E-state index contributed by atoms with van der Waals surface area (Å²) in [4.78, 5) is 0. The largest absolute Gasteiger partial charge is 0.497 e. The van der Waals surface area contributed by atoms with Crippen LogP contribution in [0.2, 0.25) is 0 Å². The smallest absolute Gasteiger partial charge is 0.163 e. The second-order valence-electron chi connectivity index (χ2n) is 9.74. The molecule has 1 aliphatic heterocycles. The van der Waals surface area contributed by atoms with Crippen LogP contribution in [0.3, 0.4) is 0 Å². The summed E-state index contributed by atoms with van der Waals surface area (Å²) in [6.07, 6.45) is -0.464. The van der Waals surface area contributed by atoms with E-state index in [9.17, 15) is 0 Å². The van der Waals surface area contributed by atoms with Crippen molar-refractivity contribution in [3.05, 3.63) is 95.1 Å². The maximum absolute atomic E-state index is 6.29. The molecule has 0 amide bonds. The quantitative estimate of drug-likeness (QED) is 0.270. The van der Waals surface area contributed by atoms with Crippen LogP contribution in [0.4, 0.5) is 0 Å². The molecule has 7 nitrogen and oxygen atoms in total. The van der Waals surface area contributed by atoms with Gasteiger partial charge in [-0.15, -0.1) is 0 Å². The van der Waals surface area contributed by atoms with Crippen LogP contribution in [-0.2, 0) is 50.1 Å². The van der Waals surface area contributed by atoms with Gasteiger partial charge in [0.25, 0.3) is 0 Å². The molecule has 4 rings (SSSR count). The summed E-state index contributed by atoms with van der Waals surface area (Å²) < 4.78 is 40.4. The third-order valence-electron chi connectivity index (χ3n) is 6.34. The summed E-state index contributed by atoms with van der Waals surface area (Å²) >= 11 is 0. The summed E-state index contributed by atoms with van der Waals surface area (Å²) in [6.45, 7) is 6.71. The zero-order chi connectivity index (χ0) is 26.8. The molecule has 38 heavy (non-hydrogen) atoms. The summed E-state index contributed by atoms with van der Waals surface area (Å²) in [6, 6.07) is 24.0. The topological polar surface area (TPSA) is 64.6 Å². The first-order valence-corrected chi connectivity index (χ1v) is 12.9. The van der Waals surface area contributed by atoms with Crippen LogP contribution >= 0.6 is 0 Å². The standard InChI is InChI=1S/C31H38O7/c1-31(2)37-22-30(38-31)29(21-35-19-25-11-15-28(33-4)16-12-25)36-20-26-7-5-23(6-8-26)17-34-18-24-9-13-27(32-3)14-10-24/h5-16,29-30H,17-22H2,1-4H3/t29-,30+/m0/s1. The van der Waals surface area contributed by atoms with Gasteiger partial charge in [-0.25, -0.2) is 0 Å². The van der Waals surface area contributed by atoms with Crippen molar-refractivity contribution in [2.75, 3.05) is 27.4 Å². The van der Waals surface area contributed by atoms with Gasteiger partial charge in [0.15, 0.2) is 5.79 Å². The molecular weight excluding hydrogens is 484 g/mol. The van der Waals surface area contributed by atoms with E-state index in [-0.39, 0.29) is 12.2 Å². The van der Waals surface area contributed by atoms with Gasteiger partial charge < -0.3 is 33.2 Å². The van der Waals surface area contributed by atoms with E-state index in [1.165, 1.54) is 0 Å². The average Bonchev–Trinajstić information content (AvgIpc) is 3.31. The molecule has 0 N–H and O–H groups in total. The van der Waals surface area contributed by atoms with Gasteiger partial charge in [0.05, 0.1) is 53.9 Å². The molecule has 0 aromatic heterocycles. The Morgan fingerprint density at radius 1 is 0.684 bits per heavy atom. The van der Waals surface area contributed by atoms with Gasteiger partial charge in [0.2, 0.25) is 0 Å². The van der Waals surface area contributed by atoms with Gasteiger partial charge in [0.1, 0.15) is 23.7 Å². The Labute approximate surface area is 225 Å². The summed E-state index contributed by atoms with van der Waals surface area (Å²) in [5.74, 6) is 1.03. The fraction of sp³-hybridized carbons (Fsp3) is 0.419. The van der Waals surface area contributed by atoms with Crippen molar-refractivity contribution in [1.29, 1.82) is 0 Å². The minimum absolute atomic E-state index is 0.202. The van der Waals surface area contributed by atoms with E-state index >= 15 is 0 Å². The molecule has 3 aromatic carbocycles. The predicted octanol–water partition coefficient (Wildman–Crippen LogP) is 5.67. The molecule has 0 unspecified atom stereocenters. The number of hydrogen-bond acceptors (Lipinski definition) is 7. The molecule has 1 fully saturated rings. The highest BCUT2D eigenvalue weighted by molar-refractivity contribution is 5.27. The zero-order valence-corrected chi connectivity index (χ0v) is 22.7. The van der Waals surface area contributed by atoms with Crippen molar-refractivity contribution in [2.24, 2.45) is 0 Å². The molecule has 1 saturated heterocycles. The summed E-state index contributed by atoms with van der Waals surface area (Å²) in [5.41, 5.74) is 4.36. The van der Waals surface area contributed by atoms with Gasteiger partial charge in [-0.05, 0) is 60.4 Å². The van der Waals surface area contributed by atoms with E-state index in [1.54, 1.807) is 14.2 Å². The van der Waals surface area contributed by atoms with Crippen molar-refractivity contribution in [2.45, 2.75) is 58.3 Å². The van der Waals surface area contributed by atoms with Crippen molar-refractivity contribution < 1.29 is 33.2 Å². The predicted molar refractivity (Wildman–Crippen MR) is 144 cm³/mol. The molecule has 0 spiro atoms. The molecule has 2 atom stereocenters. The first-order valence-electron chi connectivity index (χ1n) is 12.9. The van der Waals surface area contributed by atoms with E-state index in [0.717, 1.165) is 33.8 Å². The Morgan fingerprint density at radius 3 is 1.58 bits per heavy atom. The SMILES string of the molecule is COc1ccc(COCc2ccc(CO[C@@H](COCc3ccc(OC)cc3)[C@H]3COC(C)(C)O3)cc2)cc1. The Bertz CT molecular complexity index is 1090. The van der Waals surface area contributed by atoms with Crippen molar-refractivity contribution in [1.82, 2.24) is 0 Å². The average molecular weight is 523 g/mol. The molecule has 1 aliphatic rings. The lowest BCUT2D eigenvalue weighted by atomic mass is 10.1. The second kappa shape index (κ2) is 13.7. The van der Waals surface area contributed by atoms with E-state index in [2.05, 4.69) is 24.3 Å². The fourth-order valence-electron chi connectivity index (χ4n) is 4.12. The van der Waals surface area contributed by atoms with Gasteiger partial charge in [-0.1, -0.05) is 48.5 Å². The highest BCUT2D eigenvalue weighted by Crippen LogP contribution is 2.26. The van der Waals surface area contributed by atoms with Crippen molar-refractivity contribution >= 4 is 0 Å². The minimum Gasteiger partial charge on any atom is -0.497 e. The van der Waals surface area contributed by atoms with E-state index in [1.807, 2.05) is 62.4 Å². The van der Waals surface area contributed by atoms with Crippen LogP contribution < -0.4 is 9.47 Å². The normalized spacial score (nSPS) is 17.3. The van der Waals surface area contributed by atoms with Gasteiger partial charge >= 0.3 is 0 Å². The van der Waals surface area contributed by atoms with Crippen LogP contribution in [-0.4, -0.2) is 45.4 Å². The second-order valence-corrected chi connectivity index (χ2v) is 9.74. The lowest BCUT2D eigenvalue weighted by Gasteiger charge is -2.24. The van der Waals surface area contributed by atoms with E-state index in [4.69, 9.17) is 33.2 Å². The maximum Gasteiger partial charge on any atom is 0.163 e. The first-order chi connectivity index (χ1) is 18.4. The van der Waals surface area contributed by atoms with Crippen molar-refractivity contribution in [3.8, 4) is 11.5 Å². The maximum atomic E-state index is 6.29. The van der Waals surface area contributed by atoms with E-state index in [0.29, 0.717) is 39.6 Å². The van der Waals surface area contributed by atoms with Crippen molar-refractivity contribution in [3.63, 3.8) is 0 Å². The van der Waals surface area contributed by atoms with Crippen LogP contribution in [0.1, 0.15) is 36.1 Å². The third-order valence-corrected chi connectivity index (χ3v) is 6.34. The monoisotopic (exact) mass is 522 g/mol. The van der Waals surface area contributed by atoms with Gasteiger partial charge in [-0.3, -0.25) is 0 Å². The summed E-state index contributed by atoms with van der Waals surface area (Å²) in [5, 5.41) is 0. The Kier molecular flexibility index (Phi) is 10.1. The lowest BCUT2D eigenvalue weighted by molar-refractivity contribution is -0.165. The minimum atomic E-state index is -0.629. The van der Waals surface area contributed by atoms with Crippen LogP contribution in [0, 0.1) is 0 Å². The molecule has 0 radical (unpaired) electrons. The number of benzene rings is 3. The van der Waals surface area contributed by atoms with Crippen LogP contribution in [0.25, 0.3) is 0 Å². The molecule has 0 bridgehead atoms. The zero-order valence-electron chi connectivity index (χ0n) is 22.7. The summed E-state index contributed by atoms with van der Waals surface area (Å²) in [7, 11) is 3.32. The van der Waals surface area contributed by atoms with Crippen LogP contribution in [0.15, 0.2) is 72.8 Å². The number of hydrogen-bond donors (Lipinski definition) is 0. The third kappa shape index (κ3) is 8.55. The fourth-order valence-corrected chi connectivity index (χ4v) is 4.12. The Hall–Kier alpha value is -2.94. The molecule has 204 valence electrons. The molecule has 0 saturated carbocycles. The Balaban J connectivity index is 1.25. The van der Waals surface area contributed by atoms with E-state index < -0.39 is 5.79 Å². The first kappa shape index (κ1) is 28.1. The van der Waals surface area contributed by atoms with Gasteiger partial charge in [-0.2, -0.15) is 0 Å².